The lowest BCUT2D eigenvalue weighted by molar-refractivity contribution is 0.274. The molecule has 2 aromatic carbocycles. The lowest BCUT2D eigenvalue weighted by Gasteiger charge is -2.18. The summed E-state index contributed by atoms with van der Waals surface area (Å²) < 4.78 is 109. The van der Waals surface area contributed by atoms with Crippen molar-refractivity contribution in [3.63, 3.8) is 0 Å². The Balaban J connectivity index is 2.72. The highest BCUT2D eigenvalue weighted by molar-refractivity contribution is 7.85. The molecule has 0 spiro atoms. The molecule has 0 unspecified atom stereocenters. The van der Waals surface area contributed by atoms with Gasteiger partial charge in [-0.2, -0.15) is 17.2 Å². The van der Waals surface area contributed by atoms with Crippen LogP contribution in [-0.4, -0.2) is 32.8 Å². The summed E-state index contributed by atoms with van der Waals surface area (Å²) in [5, 5.41) is 0. The van der Waals surface area contributed by atoms with Crippen LogP contribution in [0.25, 0.3) is 0 Å². The maximum Gasteiger partial charge on any atom is 0.300 e. The van der Waals surface area contributed by atoms with E-state index in [4.69, 9.17) is 23.5 Å². The first kappa shape index (κ1) is 23.5. The Bertz CT molecular complexity index is 985. The van der Waals surface area contributed by atoms with Gasteiger partial charge in [0.15, 0.2) is 28.0 Å². The molecule has 30 heavy (non-hydrogen) atoms. The molecule has 0 radical (unpaired) electrons. The quantitative estimate of drug-likeness (QED) is 0.339. The van der Waals surface area contributed by atoms with Gasteiger partial charge in [-0.15, -0.1) is 0 Å². The highest BCUT2D eigenvalue weighted by atomic mass is 32.2. The van der Waals surface area contributed by atoms with Crippen molar-refractivity contribution in [2.24, 2.45) is 0 Å². The predicted molar refractivity (Wildman–Crippen MR) is 96.1 cm³/mol. The van der Waals surface area contributed by atoms with Gasteiger partial charge in [-0.3, -0.25) is 4.55 Å². The first-order valence-corrected chi connectivity index (χ1v) is 10.1. The summed E-state index contributed by atoms with van der Waals surface area (Å²) in [6.45, 7) is 5.32. The van der Waals surface area contributed by atoms with Crippen LogP contribution >= 0.6 is 0 Å². The van der Waals surface area contributed by atoms with Gasteiger partial charge in [-0.05, 0) is 20.8 Å². The molecule has 0 atom stereocenters. The third-order valence-corrected chi connectivity index (χ3v) is 4.42. The second-order valence-electron chi connectivity index (χ2n) is 5.54. The molecule has 0 aliphatic rings. The smallest absolute Gasteiger partial charge is 0.300 e. The molecular formula is C18H18F4O7S. The van der Waals surface area contributed by atoms with Crippen LogP contribution in [0, 0.1) is 23.3 Å². The molecular weight excluding hydrogens is 436 g/mol. The SMILES string of the molecule is CCOc1cc(OCC)c(Oc2c(F)c(F)c(S(=O)(=O)O)c(F)c2F)c(OCC)c1. The molecule has 2 aromatic rings. The zero-order chi connectivity index (χ0) is 22.6. The van der Waals surface area contributed by atoms with E-state index in [1.54, 1.807) is 20.8 Å². The lowest BCUT2D eigenvalue weighted by atomic mass is 10.2. The van der Waals surface area contributed by atoms with E-state index in [1.807, 2.05) is 0 Å². The lowest BCUT2D eigenvalue weighted by Crippen LogP contribution is -2.11. The third kappa shape index (κ3) is 4.70. The normalized spacial score (nSPS) is 11.3. The van der Waals surface area contributed by atoms with Gasteiger partial charge < -0.3 is 18.9 Å². The van der Waals surface area contributed by atoms with Gasteiger partial charge in [0.1, 0.15) is 5.75 Å². The van der Waals surface area contributed by atoms with Crippen LogP contribution in [0.4, 0.5) is 17.6 Å². The van der Waals surface area contributed by atoms with Crippen LogP contribution < -0.4 is 18.9 Å². The van der Waals surface area contributed by atoms with E-state index < -0.39 is 49.8 Å². The standard InChI is InChI=1S/C18H18F4O7S/c1-4-26-9-7-10(27-5-2)16(11(8-9)28-6-3)29-17-12(19)14(21)18(30(23,24)25)15(22)13(17)20/h7-8H,4-6H2,1-3H3,(H,23,24,25). The fourth-order valence-electron chi connectivity index (χ4n) is 2.44. The summed E-state index contributed by atoms with van der Waals surface area (Å²) in [4.78, 5) is -2.17. The first-order chi connectivity index (χ1) is 14.1. The monoisotopic (exact) mass is 454 g/mol. The molecule has 0 aromatic heterocycles. The number of ether oxygens (including phenoxy) is 4. The third-order valence-electron chi connectivity index (χ3n) is 3.55. The molecule has 0 amide bonds. The van der Waals surface area contributed by atoms with Gasteiger partial charge in [0.25, 0.3) is 0 Å². The first-order valence-electron chi connectivity index (χ1n) is 8.64. The largest absolute Gasteiger partial charge is 0.494 e. The van der Waals surface area contributed by atoms with Crippen molar-refractivity contribution in [2.45, 2.75) is 25.7 Å². The van der Waals surface area contributed by atoms with Crippen molar-refractivity contribution in [3.05, 3.63) is 35.4 Å². The molecule has 0 saturated heterocycles. The highest BCUT2D eigenvalue weighted by Crippen LogP contribution is 2.46. The molecule has 0 saturated carbocycles. The van der Waals surface area contributed by atoms with Crippen LogP contribution in [0.2, 0.25) is 0 Å². The van der Waals surface area contributed by atoms with Crippen LogP contribution in [0.1, 0.15) is 20.8 Å². The fourth-order valence-corrected chi connectivity index (χ4v) is 3.07. The minimum absolute atomic E-state index is 0.0763. The molecule has 7 nitrogen and oxygen atoms in total. The van der Waals surface area contributed by atoms with E-state index >= 15 is 0 Å². The summed E-state index contributed by atoms with van der Waals surface area (Å²) in [5.74, 6) is -11.1. The topological polar surface area (TPSA) is 91.3 Å². The summed E-state index contributed by atoms with van der Waals surface area (Å²) in [7, 11) is -5.60. The average Bonchev–Trinajstić information content (AvgIpc) is 2.65. The zero-order valence-electron chi connectivity index (χ0n) is 16.1. The van der Waals surface area contributed by atoms with Crippen molar-refractivity contribution < 1.29 is 49.5 Å². The number of rotatable bonds is 9. The Morgan fingerprint density at radius 1 is 0.767 bits per heavy atom. The van der Waals surface area contributed by atoms with Crippen molar-refractivity contribution >= 4 is 10.1 Å². The summed E-state index contributed by atoms with van der Waals surface area (Å²) in [6.07, 6.45) is 0. The average molecular weight is 454 g/mol. The fraction of sp³-hybridized carbons (Fsp3) is 0.333. The molecule has 0 aliphatic carbocycles. The molecule has 0 fully saturated rings. The molecule has 0 bridgehead atoms. The Morgan fingerprint density at radius 2 is 1.20 bits per heavy atom. The second-order valence-corrected chi connectivity index (χ2v) is 6.90. The molecule has 166 valence electrons. The highest BCUT2D eigenvalue weighted by Gasteiger charge is 2.34. The minimum Gasteiger partial charge on any atom is -0.494 e. The van der Waals surface area contributed by atoms with Crippen molar-refractivity contribution in [3.8, 4) is 28.7 Å². The van der Waals surface area contributed by atoms with Gasteiger partial charge in [-0.25, -0.2) is 8.78 Å². The van der Waals surface area contributed by atoms with Gasteiger partial charge in [0, 0.05) is 12.1 Å². The van der Waals surface area contributed by atoms with Crippen molar-refractivity contribution in [1.29, 1.82) is 0 Å². The maximum absolute atomic E-state index is 14.4. The second kappa shape index (κ2) is 9.39. The van der Waals surface area contributed by atoms with Gasteiger partial charge in [0.05, 0.1) is 19.8 Å². The summed E-state index contributed by atoms with van der Waals surface area (Å²) in [5.41, 5.74) is 0. The minimum atomic E-state index is -5.60. The number of halogens is 4. The number of hydrogen-bond donors (Lipinski definition) is 1. The summed E-state index contributed by atoms with van der Waals surface area (Å²) in [6, 6.07) is 2.61. The predicted octanol–water partition coefficient (Wildman–Crippen LogP) is 4.48. The Hall–Kier alpha value is -2.73. The van der Waals surface area contributed by atoms with Crippen molar-refractivity contribution in [2.75, 3.05) is 19.8 Å². The Labute approximate surface area is 169 Å². The van der Waals surface area contributed by atoms with E-state index in [2.05, 4.69) is 0 Å². The van der Waals surface area contributed by atoms with Gasteiger partial charge >= 0.3 is 10.1 Å². The van der Waals surface area contributed by atoms with Crippen LogP contribution in [0.5, 0.6) is 28.7 Å². The van der Waals surface area contributed by atoms with Crippen LogP contribution in [0.3, 0.4) is 0 Å². The van der Waals surface area contributed by atoms with Crippen LogP contribution in [0.15, 0.2) is 17.0 Å². The van der Waals surface area contributed by atoms with Gasteiger partial charge in [0.2, 0.25) is 23.1 Å². The zero-order valence-corrected chi connectivity index (χ0v) is 16.9. The number of benzene rings is 2. The van der Waals surface area contributed by atoms with E-state index in [-0.39, 0.29) is 37.1 Å². The maximum atomic E-state index is 14.4. The van der Waals surface area contributed by atoms with Crippen LogP contribution in [-0.2, 0) is 10.1 Å². The van der Waals surface area contributed by atoms with Gasteiger partial charge in [-0.1, -0.05) is 0 Å². The Morgan fingerprint density at radius 3 is 1.57 bits per heavy atom. The molecule has 2 rings (SSSR count). The van der Waals surface area contributed by atoms with E-state index in [0.717, 1.165) is 0 Å². The molecule has 0 aliphatic heterocycles. The molecule has 1 N–H and O–H groups in total. The van der Waals surface area contributed by atoms with E-state index in [0.29, 0.717) is 0 Å². The van der Waals surface area contributed by atoms with E-state index in [9.17, 15) is 26.0 Å². The Kier molecular flexibility index (Phi) is 7.37. The molecule has 12 heteroatoms. The van der Waals surface area contributed by atoms with Crippen molar-refractivity contribution in [1.82, 2.24) is 0 Å². The summed E-state index contributed by atoms with van der Waals surface area (Å²) >= 11 is 0. The number of hydrogen-bond acceptors (Lipinski definition) is 6. The molecule has 0 heterocycles. The van der Waals surface area contributed by atoms with E-state index in [1.165, 1.54) is 12.1 Å².